The van der Waals surface area contributed by atoms with Crippen molar-refractivity contribution >= 4 is 10.9 Å². The summed E-state index contributed by atoms with van der Waals surface area (Å²) in [6.45, 7) is 0. The van der Waals surface area contributed by atoms with Crippen molar-refractivity contribution in [1.82, 2.24) is 4.57 Å². The van der Waals surface area contributed by atoms with Gasteiger partial charge in [0.05, 0.1) is 12.6 Å². The van der Waals surface area contributed by atoms with Gasteiger partial charge in [0.15, 0.2) is 0 Å². The first-order valence-corrected chi connectivity index (χ1v) is 3.91. The standard InChI is InChI=1S/C10H11NO/c1-11-7-6-8-4-3-5-9(12-2)10(8)11/h3-7H,1-2H3. The number of hydrogen-bond donors (Lipinski definition) is 0. The summed E-state index contributed by atoms with van der Waals surface area (Å²) in [5.74, 6) is 0.931. The van der Waals surface area contributed by atoms with Crippen LogP contribution >= 0.6 is 0 Å². The number of fused-ring (bicyclic) bond motifs is 1. The molecule has 2 rings (SSSR count). The lowest BCUT2D eigenvalue weighted by Crippen LogP contribution is -1.89. The Hall–Kier alpha value is -1.44. The van der Waals surface area contributed by atoms with Gasteiger partial charge in [-0.2, -0.15) is 0 Å². The molecule has 0 amide bonds. The van der Waals surface area contributed by atoms with Crippen LogP contribution in [0.15, 0.2) is 30.5 Å². The predicted octanol–water partition coefficient (Wildman–Crippen LogP) is 2.19. The number of benzene rings is 1. The van der Waals surface area contributed by atoms with Gasteiger partial charge >= 0.3 is 0 Å². The fraction of sp³-hybridized carbons (Fsp3) is 0.200. The fourth-order valence-electron chi connectivity index (χ4n) is 1.48. The molecule has 0 N–H and O–H groups in total. The third-order valence-corrected chi connectivity index (χ3v) is 2.08. The molecule has 12 heavy (non-hydrogen) atoms. The van der Waals surface area contributed by atoms with Crippen LogP contribution in [0.3, 0.4) is 0 Å². The third-order valence-electron chi connectivity index (χ3n) is 2.08. The van der Waals surface area contributed by atoms with E-state index in [2.05, 4.69) is 16.7 Å². The first-order chi connectivity index (χ1) is 5.83. The zero-order valence-corrected chi connectivity index (χ0v) is 7.24. The first-order valence-electron chi connectivity index (χ1n) is 3.91. The smallest absolute Gasteiger partial charge is 0.143 e. The van der Waals surface area contributed by atoms with Gasteiger partial charge < -0.3 is 9.30 Å². The van der Waals surface area contributed by atoms with Crippen molar-refractivity contribution in [3.05, 3.63) is 30.5 Å². The van der Waals surface area contributed by atoms with Gasteiger partial charge in [0, 0.05) is 18.6 Å². The molecule has 0 radical (unpaired) electrons. The molecular weight excluding hydrogens is 150 g/mol. The summed E-state index contributed by atoms with van der Waals surface area (Å²) in [7, 11) is 3.71. The highest BCUT2D eigenvalue weighted by atomic mass is 16.5. The van der Waals surface area contributed by atoms with Crippen LogP contribution in [0.5, 0.6) is 5.75 Å². The van der Waals surface area contributed by atoms with Gasteiger partial charge in [0.2, 0.25) is 0 Å². The second kappa shape index (κ2) is 2.55. The fourth-order valence-corrected chi connectivity index (χ4v) is 1.48. The SMILES string of the molecule is COc1cccc2ccn(C)c12. The highest BCUT2D eigenvalue weighted by Crippen LogP contribution is 2.24. The molecule has 62 valence electrons. The third kappa shape index (κ3) is 0.881. The first kappa shape index (κ1) is 7.22. The van der Waals surface area contributed by atoms with Crippen molar-refractivity contribution in [1.29, 1.82) is 0 Å². The van der Waals surface area contributed by atoms with Gasteiger partial charge in [-0.1, -0.05) is 12.1 Å². The van der Waals surface area contributed by atoms with Crippen molar-refractivity contribution in [2.45, 2.75) is 0 Å². The second-order valence-corrected chi connectivity index (χ2v) is 2.82. The maximum atomic E-state index is 5.25. The average molecular weight is 161 g/mol. The van der Waals surface area contributed by atoms with Crippen molar-refractivity contribution < 1.29 is 4.74 Å². The molecule has 0 aliphatic heterocycles. The molecule has 1 aromatic heterocycles. The molecule has 0 saturated heterocycles. The number of aromatic nitrogens is 1. The minimum Gasteiger partial charge on any atom is -0.495 e. The number of para-hydroxylation sites is 1. The van der Waals surface area contributed by atoms with Crippen molar-refractivity contribution in [2.24, 2.45) is 7.05 Å². The Labute approximate surface area is 71.4 Å². The van der Waals surface area contributed by atoms with E-state index < -0.39 is 0 Å². The van der Waals surface area contributed by atoms with Crippen LogP contribution in [0.2, 0.25) is 0 Å². The highest BCUT2D eigenvalue weighted by molar-refractivity contribution is 5.85. The molecule has 2 heteroatoms. The molecule has 1 aromatic carbocycles. The summed E-state index contributed by atoms with van der Waals surface area (Å²) in [5, 5.41) is 1.22. The Kier molecular flexibility index (Phi) is 1.54. The Balaban J connectivity index is 2.84. The lowest BCUT2D eigenvalue weighted by molar-refractivity contribution is 0.418. The molecule has 1 heterocycles. The normalized spacial score (nSPS) is 10.5. The van der Waals surface area contributed by atoms with Gasteiger partial charge in [-0.25, -0.2) is 0 Å². The quantitative estimate of drug-likeness (QED) is 0.625. The minimum absolute atomic E-state index is 0.931. The number of nitrogens with zero attached hydrogens (tertiary/aromatic N) is 1. The predicted molar refractivity (Wildman–Crippen MR) is 49.5 cm³/mol. The van der Waals surface area contributed by atoms with Crippen molar-refractivity contribution in [3.63, 3.8) is 0 Å². The second-order valence-electron chi connectivity index (χ2n) is 2.82. The number of aryl methyl sites for hydroxylation is 1. The van der Waals surface area contributed by atoms with Crippen LogP contribution < -0.4 is 4.74 Å². The Morgan fingerprint density at radius 3 is 2.83 bits per heavy atom. The molecule has 0 unspecified atom stereocenters. The number of methoxy groups -OCH3 is 1. The summed E-state index contributed by atoms with van der Waals surface area (Å²) in [6, 6.07) is 8.14. The molecular formula is C10H11NO. The molecule has 2 aromatic rings. The van der Waals surface area contributed by atoms with E-state index in [0.717, 1.165) is 11.3 Å². The zero-order chi connectivity index (χ0) is 8.55. The van der Waals surface area contributed by atoms with E-state index in [9.17, 15) is 0 Å². The number of rotatable bonds is 1. The van der Waals surface area contributed by atoms with Crippen LogP contribution in [-0.2, 0) is 7.05 Å². The maximum Gasteiger partial charge on any atom is 0.143 e. The Bertz CT molecular complexity index is 403. The lowest BCUT2D eigenvalue weighted by atomic mass is 10.2. The molecule has 0 fully saturated rings. The number of hydrogen-bond acceptors (Lipinski definition) is 1. The molecule has 0 atom stereocenters. The molecule has 2 nitrogen and oxygen atoms in total. The van der Waals surface area contributed by atoms with Gasteiger partial charge in [-0.05, 0) is 12.1 Å². The summed E-state index contributed by atoms with van der Waals surface area (Å²) in [5.41, 5.74) is 1.15. The van der Waals surface area contributed by atoms with Crippen molar-refractivity contribution in [3.8, 4) is 5.75 Å². The van der Waals surface area contributed by atoms with Crippen LogP contribution in [0.4, 0.5) is 0 Å². The van der Waals surface area contributed by atoms with Crippen LogP contribution in [0, 0.1) is 0 Å². The van der Waals surface area contributed by atoms with Crippen LogP contribution in [-0.4, -0.2) is 11.7 Å². The molecule has 0 spiro atoms. The maximum absolute atomic E-state index is 5.25. The summed E-state index contributed by atoms with van der Waals surface area (Å²) in [4.78, 5) is 0. The largest absolute Gasteiger partial charge is 0.495 e. The van der Waals surface area contributed by atoms with Gasteiger partial charge in [-0.3, -0.25) is 0 Å². The summed E-state index contributed by atoms with van der Waals surface area (Å²) >= 11 is 0. The highest BCUT2D eigenvalue weighted by Gasteiger charge is 2.02. The zero-order valence-electron chi connectivity index (χ0n) is 7.24. The molecule has 0 aliphatic carbocycles. The van der Waals surface area contributed by atoms with Gasteiger partial charge in [-0.15, -0.1) is 0 Å². The lowest BCUT2D eigenvalue weighted by Gasteiger charge is -2.03. The van der Waals surface area contributed by atoms with E-state index in [4.69, 9.17) is 4.74 Å². The van der Waals surface area contributed by atoms with E-state index in [1.165, 1.54) is 5.39 Å². The monoisotopic (exact) mass is 161 g/mol. The Morgan fingerprint density at radius 2 is 2.08 bits per heavy atom. The summed E-state index contributed by atoms with van der Waals surface area (Å²) < 4.78 is 7.31. The van der Waals surface area contributed by atoms with Crippen LogP contribution in [0.25, 0.3) is 10.9 Å². The topological polar surface area (TPSA) is 14.2 Å². The average Bonchev–Trinajstić information content (AvgIpc) is 2.48. The Morgan fingerprint density at radius 1 is 1.25 bits per heavy atom. The van der Waals surface area contributed by atoms with E-state index >= 15 is 0 Å². The van der Waals surface area contributed by atoms with E-state index in [-0.39, 0.29) is 0 Å². The van der Waals surface area contributed by atoms with E-state index in [1.807, 2.05) is 25.4 Å². The van der Waals surface area contributed by atoms with Gasteiger partial charge in [0.1, 0.15) is 5.75 Å². The minimum atomic E-state index is 0.931. The molecule has 0 saturated carbocycles. The van der Waals surface area contributed by atoms with Crippen LogP contribution in [0.1, 0.15) is 0 Å². The van der Waals surface area contributed by atoms with Gasteiger partial charge in [0.25, 0.3) is 0 Å². The molecule has 0 bridgehead atoms. The van der Waals surface area contributed by atoms with Crippen molar-refractivity contribution in [2.75, 3.05) is 7.11 Å². The van der Waals surface area contributed by atoms with E-state index in [0.29, 0.717) is 0 Å². The van der Waals surface area contributed by atoms with E-state index in [1.54, 1.807) is 7.11 Å². The summed E-state index contributed by atoms with van der Waals surface area (Å²) in [6.07, 6.45) is 2.03. The molecule has 0 aliphatic rings. The number of ether oxygens (including phenoxy) is 1.